The number of rotatable bonds is 9. The fourth-order valence-electron chi connectivity index (χ4n) is 4.13. The standard InChI is InChI=1S/C28H28ClFN4O3/c1-16-10-18(6-8-20(16)25(35)11-17-4-5-17)24-14-31-27-23(32-15-28(2,3)36)13-26(33-34(24)27)37-19-7-9-21(29)22(30)12-19/h6-10,12-14,17,32,36H,4-5,11,15H2,1-3H3. The largest absolute Gasteiger partial charge is 0.437 e. The number of aryl methyl sites for hydroxylation is 1. The number of ketones is 1. The van der Waals surface area contributed by atoms with Crippen LogP contribution in [-0.2, 0) is 0 Å². The Morgan fingerprint density at radius 1 is 1.24 bits per heavy atom. The Balaban J connectivity index is 1.54. The number of halogens is 2. The Morgan fingerprint density at radius 3 is 2.70 bits per heavy atom. The highest BCUT2D eigenvalue weighted by Gasteiger charge is 2.26. The number of carbonyl (C=O) groups excluding carboxylic acids is 1. The zero-order valence-corrected chi connectivity index (χ0v) is 21.6. The van der Waals surface area contributed by atoms with Gasteiger partial charge in [0, 0.05) is 36.2 Å². The molecule has 1 saturated carbocycles. The quantitative estimate of drug-likeness (QED) is 0.245. The summed E-state index contributed by atoms with van der Waals surface area (Å²) in [6.45, 7) is 5.57. The minimum atomic E-state index is -0.976. The van der Waals surface area contributed by atoms with E-state index in [-0.39, 0.29) is 29.0 Å². The van der Waals surface area contributed by atoms with Crippen molar-refractivity contribution in [2.45, 2.75) is 45.6 Å². The number of anilines is 1. The van der Waals surface area contributed by atoms with Gasteiger partial charge in [-0.3, -0.25) is 4.79 Å². The smallest absolute Gasteiger partial charge is 0.239 e. The molecule has 0 amide bonds. The monoisotopic (exact) mass is 522 g/mol. The Hall–Kier alpha value is -3.49. The van der Waals surface area contributed by atoms with Crippen molar-refractivity contribution >= 4 is 28.7 Å². The highest BCUT2D eigenvalue weighted by molar-refractivity contribution is 6.30. The maximum Gasteiger partial charge on any atom is 0.239 e. The van der Waals surface area contributed by atoms with Crippen LogP contribution in [0, 0.1) is 18.7 Å². The van der Waals surface area contributed by atoms with E-state index in [0.29, 0.717) is 29.4 Å². The van der Waals surface area contributed by atoms with E-state index in [1.807, 2.05) is 25.1 Å². The number of ether oxygens (including phenoxy) is 1. The molecule has 2 aromatic heterocycles. The number of Topliss-reactive ketones (excluding diaryl/α,β-unsaturated/α-hetero) is 1. The van der Waals surface area contributed by atoms with E-state index < -0.39 is 11.4 Å². The van der Waals surface area contributed by atoms with Gasteiger partial charge in [0.2, 0.25) is 5.88 Å². The second kappa shape index (κ2) is 9.76. The molecule has 0 saturated heterocycles. The van der Waals surface area contributed by atoms with Crippen molar-refractivity contribution in [2.75, 3.05) is 11.9 Å². The van der Waals surface area contributed by atoms with Crippen LogP contribution in [-0.4, -0.2) is 37.6 Å². The number of benzene rings is 2. The third kappa shape index (κ3) is 5.76. The number of aliphatic hydroxyl groups is 1. The van der Waals surface area contributed by atoms with Crippen molar-refractivity contribution in [3.63, 3.8) is 0 Å². The lowest BCUT2D eigenvalue weighted by Gasteiger charge is -2.19. The maximum absolute atomic E-state index is 14.0. The number of nitrogens with zero attached hydrogens (tertiary/aromatic N) is 3. The van der Waals surface area contributed by atoms with Crippen LogP contribution in [0.15, 0.2) is 48.7 Å². The van der Waals surface area contributed by atoms with Gasteiger partial charge in [-0.05, 0) is 63.3 Å². The molecule has 0 radical (unpaired) electrons. The van der Waals surface area contributed by atoms with E-state index in [0.717, 1.165) is 29.5 Å². The van der Waals surface area contributed by atoms with E-state index in [1.54, 1.807) is 36.7 Å². The first-order chi connectivity index (χ1) is 17.6. The molecule has 5 rings (SSSR count). The Bertz CT molecular complexity index is 1490. The minimum Gasteiger partial charge on any atom is -0.437 e. The number of fused-ring (bicyclic) bond motifs is 1. The summed E-state index contributed by atoms with van der Waals surface area (Å²) in [6.07, 6.45) is 4.56. The molecule has 4 aromatic rings. The number of hydrogen-bond acceptors (Lipinski definition) is 6. The van der Waals surface area contributed by atoms with Crippen LogP contribution in [0.4, 0.5) is 10.1 Å². The Morgan fingerprint density at radius 2 is 2.03 bits per heavy atom. The molecular weight excluding hydrogens is 495 g/mol. The second-order valence-electron chi connectivity index (χ2n) is 10.2. The van der Waals surface area contributed by atoms with Gasteiger partial charge in [-0.1, -0.05) is 23.7 Å². The molecule has 2 N–H and O–H groups in total. The highest BCUT2D eigenvalue weighted by Crippen LogP contribution is 2.35. The predicted octanol–water partition coefficient (Wildman–Crippen LogP) is 6.46. The average molecular weight is 523 g/mol. The van der Waals surface area contributed by atoms with Gasteiger partial charge in [0.1, 0.15) is 11.6 Å². The van der Waals surface area contributed by atoms with E-state index in [4.69, 9.17) is 16.3 Å². The van der Waals surface area contributed by atoms with Gasteiger partial charge in [0.15, 0.2) is 11.4 Å². The van der Waals surface area contributed by atoms with Gasteiger partial charge in [-0.2, -0.15) is 0 Å². The number of carbonyl (C=O) groups is 1. The lowest BCUT2D eigenvalue weighted by Crippen LogP contribution is -2.29. The average Bonchev–Trinajstić information content (AvgIpc) is 3.54. The molecule has 9 heteroatoms. The molecule has 0 unspecified atom stereocenters. The summed E-state index contributed by atoms with van der Waals surface area (Å²) in [5, 5.41) is 18.0. The van der Waals surface area contributed by atoms with Crippen molar-refractivity contribution in [3.8, 4) is 22.9 Å². The number of imidazole rings is 1. The first-order valence-corrected chi connectivity index (χ1v) is 12.6. The van der Waals surface area contributed by atoms with E-state index in [9.17, 15) is 14.3 Å². The summed E-state index contributed by atoms with van der Waals surface area (Å²) < 4.78 is 21.5. The van der Waals surface area contributed by atoms with Gasteiger partial charge in [-0.15, -0.1) is 5.10 Å². The van der Waals surface area contributed by atoms with Gasteiger partial charge in [0.05, 0.1) is 28.2 Å². The van der Waals surface area contributed by atoms with Crippen LogP contribution in [0.3, 0.4) is 0 Å². The Kier molecular flexibility index (Phi) is 6.64. The van der Waals surface area contributed by atoms with Crippen molar-refractivity contribution < 1.29 is 19.0 Å². The molecule has 192 valence electrons. The van der Waals surface area contributed by atoms with E-state index in [2.05, 4.69) is 15.4 Å². The minimum absolute atomic E-state index is 0.00498. The molecule has 0 spiro atoms. The van der Waals surface area contributed by atoms with Crippen molar-refractivity contribution in [1.82, 2.24) is 14.6 Å². The molecule has 1 aliphatic carbocycles. The second-order valence-corrected chi connectivity index (χ2v) is 10.6. The normalized spacial score (nSPS) is 13.7. The summed E-state index contributed by atoms with van der Waals surface area (Å²) >= 11 is 5.80. The van der Waals surface area contributed by atoms with Crippen LogP contribution in [0.25, 0.3) is 16.9 Å². The molecule has 0 atom stereocenters. The lowest BCUT2D eigenvalue weighted by molar-refractivity contribution is 0.0943. The van der Waals surface area contributed by atoms with Gasteiger partial charge in [-0.25, -0.2) is 13.9 Å². The fourth-order valence-corrected chi connectivity index (χ4v) is 4.24. The van der Waals surface area contributed by atoms with Gasteiger partial charge < -0.3 is 15.2 Å². The van der Waals surface area contributed by atoms with E-state index in [1.165, 1.54) is 12.1 Å². The summed E-state index contributed by atoms with van der Waals surface area (Å²) in [4.78, 5) is 17.2. The molecule has 37 heavy (non-hydrogen) atoms. The van der Waals surface area contributed by atoms with Gasteiger partial charge >= 0.3 is 0 Å². The summed E-state index contributed by atoms with van der Waals surface area (Å²) in [5.74, 6) is 0.525. The van der Waals surface area contributed by atoms with Crippen LogP contribution in [0.5, 0.6) is 11.6 Å². The predicted molar refractivity (Wildman–Crippen MR) is 141 cm³/mol. The zero-order chi connectivity index (χ0) is 26.3. The molecule has 1 fully saturated rings. The molecule has 0 bridgehead atoms. The summed E-state index contributed by atoms with van der Waals surface area (Å²) in [5.41, 5.74) is 3.29. The third-order valence-corrected chi connectivity index (χ3v) is 6.57. The summed E-state index contributed by atoms with van der Waals surface area (Å²) in [7, 11) is 0. The van der Waals surface area contributed by atoms with E-state index >= 15 is 0 Å². The molecule has 7 nitrogen and oxygen atoms in total. The molecule has 1 aliphatic rings. The van der Waals surface area contributed by atoms with Crippen LogP contribution in [0.1, 0.15) is 49.0 Å². The maximum atomic E-state index is 14.0. The van der Waals surface area contributed by atoms with Crippen molar-refractivity contribution in [1.29, 1.82) is 0 Å². The van der Waals surface area contributed by atoms with Crippen molar-refractivity contribution in [2.24, 2.45) is 5.92 Å². The molecule has 2 aromatic carbocycles. The number of hydrogen-bond donors (Lipinski definition) is 2. The fraction of sp³-hybridized carbons (Fsp3) is 0.321. The topological polar surface area (TPSA) is 88.8 Å². The molecule has 2 heterocycles. The lowest BCUT2D eigenvalue weighted by atomic mass is 9.98. The number of nitrogens with one attached hydrogen (secondary N) is 1. The highest BCUT2D eigenvalue weighted by atomic mass is 35.5. The third-order valence-electron chi connectivity index (χ3n) is 6.26. The van der Waals surface area contributed by atoms with Crippen LogP contribution >= 0.6 is 11.6 Å². The molecular formula is C28H28ClFN4O3. The zero-order valence-electron chi connectivity index (χ0n) is 20.9. The SMILES string of the molecule is Cc1cc(-c2cnc3c(NCC(C)(C)O)cc(Oc4ccc(Cl)c(F)c4)nn23)ccc1C(=O)CC1CC1. The van der Waals surface area contributed by atoms with Crippen molar-refractivity contribution in [3.05, 3.63) is 70.6 Å². The van der Waals surface area contributed by atoms with Crippen LogP contribution in [0.2, 0.25) is 5.02 Å². The first-order valence-electron chi connectivity index (χ1n) is 12.2. The molecule has 0 aliphatic heterocycles. The Labute approximate surface area is 219 Å². The summed E-state index contributed by atoms with van der Waals surface area (Å²) in [6, 6.07) is 11.5. The number of aromatic nitrogens is 3. The first kappa shape index (κ1) is 25.2. The van der Waals surface area contributed by atoms with Crippen LogP contribution < -0.4 is 10.1 Å². The van der Waals surface area contributed by atoms with Gasteiger partial charge in [0.25, 0.3) is 0 Å².